The van der Waals surface area contributed by atoms with Gasteiger partial charge in [-0.3, -0.25) is 4.79 Å². The minimum atomic E-state index is -1.17. The number of rotatable bonds is 7. The molecule has 0 aliphatic rings. The van der Waals surface area contributed by atoms with Crippen LogP contribution in [0.3, 0.4) is 0 Å². The molecular formula is C18H19FN2O3. The third-order valence-electron chi connectivity index (χ3n) is 3.53. The molecule has 0 saturated heterocycles. The Bertz CT molecular complexity index is 734. The van der Waals surface area contributed by atoms with E-state index in [1.54, 1.807) is 17.0 Å². The van der Waals surface area contributed by atoms with Crippen molar-refractivity contribution >= 4 is 11.9 Å². The summed E-state index contributed by atoms with van der Waals surface area (Å²) in [4.78, 5) is 29.1. The number of aromatic nitrogens is 1. The lowest BCUT2D eigenvalue weighted by Crippen LogP contribution is -2.34. The Balaban J connectivity index is 2.12. The molecule has 0 fully saturated rings. The van der Waals surface area contributed by atoms with Gasteiger partial charge in [0.25, 0.3) is 5.91 Å². The molecule has 0 aliphatic carbocycles. The van der Waals surface area contributed by atoms with Crippen LogP contribution in [-0.2, 0) is 6.42 Å². The van der Waals surface area contributed by atoms with E-state index in [0.717, 1.165) is 12.0 Å². The van der Waals surface area contributed by atoms with Crippen LogP contribution >= 0.6 is 0 Å². The minimum Gasteiger partial charge on any atom is -0.477 e. The number of carboxylic acid groups (broad SMARTS) is 1. The maximum absolute atomic E-state index is 13.2. The van der Waals surface area contributed by atoms with Gasteiger partial charge in [-0.2, -0.15) is 0 Å². The van der Waals surface area contributed by atoms with Gasteiger partial charge in [0.2, 0.25) is 0 Å². The van der Waals surface area contributed by atoms with E-state index >= 15 is 0 Å². The Morgan fingerprint density at radius 2 is 1.83 bits per heavy atom. The van der Waals surface area contributed by atoms with Crippen LogP contribution < -0.4 is 0 Å². The normalized spacial score (nSPS) is 10.4. The van der Waals surface area contributed by atoms with Crippen molar-refractivity contribution in [3.63, 3.8) is 0 Å². The lowest BCUT2D eigenvalue weighted by atomic mass is 10.1. The van der Waals surface area contributed by atoms with Crippen molar-refractivity contribution in [1.82, 2.24) is 9.88 Å². The first-order valence-electron chi connectivity index (χ1n) is 7.75. The molecule has 1 aromatic heterocycles. The molecule has 0 radical (unpaired) electrons. The van der Waals surface area contributed by atoms with Gasteiger partial charge in [-0.05, 0) is 42.7 Å². The number of amides is 1. The summed E-state index contributed by atoms with van der Waals surface area (Å²) in [5.74, 6) is -1.81. The van der Waals surface area contributed by atoms with E-state index in [4.69, 9.17) is 5.11 Å². The highest BCUT2D eigenvalue weighted by atomic mass is 19.1. The van der Waals surface area contributed by atoms with Crippen molar-refractivity contribution in [1.29, 1.82) is 0 Å². The summed E-state index contributed by atoms with van der Waals surface area (Å²) in [5, 5.41) is 8.99. The molecule has 1 aromatic carbocycles. The molecule has 1 heterocycles. The number of carbonyl (C=O) groups excluding carboxylic acids is 1. The van der Waals surface area contributed by atoms with Gasteiger partial charge in [0.1, 0.15) is 17.2 Å². The van der Waals surface area contributed by atoms with Crippen molar-refractivity contribution in [2.45, 2.75) is 19.8 Å². The van der Waals surface area contributed by atoms with Crippen LogP contribution in [-0.4, -0.2) is 40.0 Å². The van der Waals surface area contributed by atoms with Crippen LogP contribution in [0.5, 0.6) is 0 Å². The summed E-state index contributed by atoms with van der Waals surface area (Å²) in [5.41, 5.74) is 0.737. The Morgan fingerprint density at radius 1 is 1.12 bits per heavy atom. The number of carboxylic acids is 1. The summed E-state index contributed by atoms with van der Waals surface area (Å²) in [6, 6.07) is 10.6. The van der Waals surface area contributed by atoms with Gasteiger partial charge >= 0.3 is 5.97 Å². The van der Waals surface area contributed by atoms with E-state index in [-0.39, 0.29) is 23.1 Å². The molecule has 0 unspecified atom stereocenters. The summed E-state index contributed by atoms with van der Waals surface area (Å²) < 4.78 is 13.2. The highest BCUT2D eigenvalue weighted by Crippen LogP contribution is 2.09. The van der Waals surface area contributed by atoms with Crippen LogP contribution in [0.4, 0.5) is 4.39 Å². The molecule has 6 heteroatoms. The first-order chi connectivity index (χ1) is 11.5. The summed E-state index contributed by atoms with van der Waals surface area (Å²) in [7, 11) is 0. The average Bonchev–Trinajstić information content (AvgIpc) is 2.58. The Kier molecular flexibility index (Phi) is 6.01. The fraction of sp³-hybridized carbons (Fsp3) is 0.278. The Labute approximate surface area is 139 Å². The molecule has 2 aromatic rings. The van der Waals surface area contributed by atoms with Crippen LogP contribution in [0.1, 0.15) is 39.9 Å². The molecule has 126 valence electrons. The molecule has 0 spiro atoms. The number of carbonyl (C=O) groups is 2. The van der Waals surface area contributed by atoms with Crippen LogP contribution in [0, 0.1) is 5.82 Å². The molecule has 1 amide bonds. The molecule has 2 rings (SSSR count). The van der Waals surface area contributed by atoms with Gasteiger partial charge in [0.05, 0.1) is 0 Å². The molecule has 24 heavy (non-hydrogen) atoms. The zero-order valence-electron chi connectivity index (χ0n) is 13.4. The van der Waals surface area contributed by atoms with Crippen molar-refractivity contribution in [2.24, 2.45) is 0 Å². The molecule has 0 saturated carbocycles. The first-order valence-corrected chi connectivity index (χ1v) is 7.75. The van der Waals surface area contributed by atoms with E-state index in [1.165, 1.54) is 30.3 Å². The fourth-order valence-corrected chi connectivity index (χ4v) is 2.38. The largest absolute Gasteiger partial charge is 0.477 e. The molecule has 5 nitrogen and oxygen atoms in total. The van der Waals surface area contributed by atoms with Crippen molar-refractivity contribution in [3.05, 3.63) is 65.2 Å². The van der Waals surface area contributed by atoms with Crippen LogP contribution in [0.2, 0.25) is 0 Å². The van der Waals surface area contributed by atoms with Gasteiger partial charge in [-0.25, -0.2) is 14.2 Å². The Hall–Kier alpha value is -2.76. The lowest BCUT2D eigenvalue weighted by Gasteiger charge is -2.22. The van der Waals surface area contributed by atoms with Gasteiger partial charge in [-0.15, -0.1) is 0 Å². The van der Waals surface area contributed by atoms with Crippen LogP contribution in [0.25, 0.3) is 0 Å². The van der Waals surface area contributed by atoms with E-state index in [9.17, 15) is 14.0 Å². The van der Waals surface area contributed by atoms with Gasteiger partial charge in [-0.1, -0.05) is 25.1 Å². The second-order valence-corrected chi connectivity index (χ2v) is 5.39. The zero-order chi connectivity index (χ0) is 17.5. The number of hydrogen-bond acceptors (Lipinski definition) is 3. The average molecular weight is 330 g/mol. The predicted molar refractivity (Wildman–Crippen MR) is 87.5 cm³/mol. The maximum Gasteiger partial charge on any atom is 0.354 e. The summed E-state index contributed by atoms with van der Waals surface area (Å²) in [6.07, 6.45) is 1.27. The smallest absolute Gasteiger partial charge is 0.354 e. The predicted octanol–water partition coefficient (Wildman–Crippen LogP) is 3.01. The number of halogens is 1. The molecule has 0 aliphatic heterocycles. The van der Waals surface area contributed by atoms with Crippen molar-refractivity contribution in [2.75, 3.05) is 13.1 Å². The van der Waals surface area contributed by atoms with E-state index < -0.39 is 5.97 Å². The van der Waals surface area contributed by atoms with E-state index in [0.29, 0.717) is 19.5 Å². The molecule has 0 atom stereocenters. The third-order valence-corrected chi connectivity index (χ3v) is 3.53. The number of benzene rings is 1. The van der Waals surface area contributed by atoms with E-state index in [2.05, 4.69) is 4.98 Å². The van der Waals surface area contributed by atoms with Crippen molar-refractivity contribution < 1.29 is 19.1 Å². The van der Waals surface area contributed by atoms with Crippen LogP contribution in [0.15, 0.2) is 42.5 Å². The second-order valence-electron chi connectivity index (χ2n) is 5.39. The fourth-order valence-electron chi connectivity index (χ4n) is 2.38. The van der Waals surface area contributed by atoms with Crippen molar-refractivity contribution in [3.8, 4) is 0 Å². The minimum absolute atomic E-state index is 0.0996. The number of pyridine rings is 1. The third kappa shape index (κ3) is 4.62. The first kappa shape index (κ1) is 17.6. The van der Waals surface area contributed by atoms with E-state index in [1.807, 2.05) is 6.92 Å². The number of aromatic carboxylic acids is 1. The topological polar surface area (TPSA) is 70.5 Å². The Morgan fingerprint density at radius 3 is 2.50 bits per heavy atom. The zero-order valence-corrected chi connectivity index (χ0v) is 13.4. The molecular weight excluding hydrogens is 311 g/mol. The second kappa shape index (κ2) is 8.19. The lowest BCUT2D eigenvalue weighted by molar-refractivity contribution is 0.0689. The SMILES string of the molecule is CCCN(CCc1cccc(F)c1)C(=O)c1cccc(C(=O)O)n1. The maximum atomic E-state index is 13.2. The van der Waals surface area contributed by atoms with Gasteiger partial charge < -0.3 is 10.0 Å². The highest BCUT2D eigenvalue weighted by Gasteiger charge is 2.18. The van der Waals surface area contributed by atoms with Gasteiger partial charge in [0, 0.05) is 13.1 Å². The summed E-state index contributed by atoms with van der Waals surface area (Å²) >= 11 is 0. The summed E-state index contributed by atoms with van der Waals surface area (Å²) in [6.45, 7) is 2.88. The quantitative estimate of drug-likeness (QED) is 0.847. The highest BCUT2D eigenvalue weighted by molar-refractivity contribution is 5.94. The standard InChI is InChI=1S/C18H19FN2O3/c1-2-10-21(11-9-13-5-3-6-14(19)12-13)17(22)15-7-4-8-16(20-15)18(23)24/h3-8,12H,2,9-11H2,1H3,(H,23,24). The number of nitrogens with zero attached hydrogens (tertiary/aromatic N) is 2. The molecule has 1 N–H and O–H groups in total. The molecule has 0 bridgehead atoms. The monoisotopic (exact) mass is 330 g/mol. The number of hydrogen-bond donors (Lipinski definition) is 1. The van der Waals surface area contributed by atoms with Gasteiger partial charge in [0.15, 0.2) is 0 Å².